The van der Waals surface area contributed by atoms with Gasteiger partial charge in [0.2, 0.25) is 43.7 Å². The predicted octanol–water partition coefficient (Wildman–Crippen LogP) is 11.7. The van der Waals surface area contributed by atoms with Crippen LogP contribution in [0.4, 0.5) is 9.59 Å². The van der Waals surface area contributed by atoms with Crippen LogP contribution in [0.5, 0.6) is 23.0 Å². The monoisotopic (exact) mass is 1960 g/mol. The summed E-state index contributed by atoms with van der Waals surface area (Å²) in [5.74, 6) is -3.31. The van der Waals surface area contributed by atoms with E-state index in [1.807, 2.05) is 105 Å². The average molecular weight is 1960 g/mol. The number of methoxy groups -OCH3 is 2. The van der Waals surface area contributed by atoms with E-state index < -0.39 is 159 Å². The fraction of sp³-hybridized carbons (Fsp3) is 0.489. The number of carbonyl (C=O) groups is 8. The number of allylic oxidation sites excluding steroid dienone is 2. The minimum atomic E-state index is -4.15. The number of pyridine rings is 2. The van der Waals surface area contributed by atoms with Gasteiger partial charge in [-0.05, 0) is 144 Å². The standard InChI is InChI=1S/C45H57N5O9S.C38H46N4O8.C7H13NO2S.BH.U/c1-11-29-25-45(29,40(53)49-60(55,56)44(19-20-44)24-27(2)3)48-38(51)35-22-31(26-50(35)39(52)37(42(4,5)6)47-41(54)59-43(7,8)9)58-36-23-33(28-15-13-12-14-16-28)46-34-21-30(57-10)17-18-32(34)36;1-9-23-20-38(23,34(45)46)41-32(43)29-18-25(21-42(29)33(44)31(36(2,3)4)40-35(47)50-37(5,6)7)49-30-19-27(22-13-11-10-12-14-22)39-28-17-24(48-8)15-16-26(28)30;1-6(2)5-7(3-4-7)11(8,9)10;;/h11-18,21,23-24,29,31,35,37H,1,19-20,22,25-26H2,2-10H3,(H,47,54)(H,48,51)(H,49,53);9-17,19,23,25,29,31H,1,18,20-21H2,2-8H3,(H,40,47)(H,41,43)(H,45,46);5H,3-4H2,1-2H3,(H2,8,9,10);1H;/t29-,31-,35+,37-,45-;23-,25-,29+,31-,38-;;;/m11.../s1/i;;;1D;. The molecule has 660 valence electrons. The molecule has 29 nitrogen and oxygen atoms in total. The molecule has 12 rings (SSSR count). The van der Waals surface area contributed by atoms with Crippen molar-refractivity contribution >= 4 is 97.9 Å². The number of primary sulfonamides is 1. The number of aromatic nitrogens is 2. The van der Waals surface area contributed by atoms with Crippen LogP contribution in [0.15, 0.2) is 158 Å². The van der Waals surface area contributed by atoms with E-state index in [1.165, 1.54) is 22.0 Å². The Morgan fingerprint density at radius 3 is 1.24 bits per heavy atom. The number of sulfonamides is 2. The molecule has 0 bridgehead atoms. The molecule has 2 aromatic heterocycles. The number of amides is 7. The van der Waals surface area contributed by atoms with Crippen molar-refractivity contribution in [2.24, 2.45) is 27.8 Å². The molecule has 123 heavy (non-hydrogen) atoms. The topological polar surface area (TPSA) is 399 Å². The van der Waals surface area contributed by atoms with Crippen molar-refractivity contribution < 1.29 is 120 Å². The Morgan fingerprint density at radius 2 is 0.935 bits per heavy atom. The molecule has 6 aromatic rings. The van der Waals surface area contributed by atoms with Crippen LogP contribution in [-0.2, 0) is 58.3 Å². The van der Waals surface area contributed by atoms with Crippen molar-refractivity contribution in [2.75, 3.05) is 27.3 Å². The summed E-state index contributed by atoms with van der Waals surface area (Å²) in [6, 6.07) is 29.2. The van der Waals surface area contributed by atoms with Crippen LogP contribution in [0.1, 0.15) is 162 Å². The van der Waals surface area contributed by atoms with Gasteiger partial charge in [0, 0.05) is 110 Å². The quantitative estimate of drug-likeness (QED) is 0.0207. The summed E-state index contributed by atoms with van der Waals surface area (Å²) in [5.41, 5.74) is -0.376. The summed E-state index contributed by atoms with van der Waals surface area (Å²) in [4.78, 5) is 123. The zero-order chi connectivity index (χ0) is 91.3. The molecule has 4 heterocycles. The molecule has 0 spiro atoms. The van der Waals surface area contributed by atoms with E-state index in [-0.39, 0.29) is 69.9 Å². The number of carboxylic acids is 1. The molecule has 8 N–H and O–H groups in total. The summed E-state index contributed by atoms with van der Waals surface area (Å²) < 4.78 is 90.0. The van der Waals surface area contributed by atoms with Crippen LogP contribution < -0.4 is 50.1 Å². The Morgan fingerprint density at radius 1 is 0.569 bits per heavy atom. The maximum Gasteiger partial charge on any atom is 0.408 e. The van der Waals surface area contributed by atoms with Gasteiger partial charge in [-0.3, -0.25) is 28.7 Å². The molecule has 4 aromatic carbocycles. The summed E-state index contributed by atoms with van der Waals surface area (Å²) in [6.07, 6.45) is 5.86. The fourth-order valence-electron chi connectivity index (χ4n) is 15.2. The van der Waals surface area contributed by atoms with Gasteiger partial charge in [0.25, 0.3) is 5.91 Å². The molecular weight excluding hydrogens is 1840 g/mol. The number of hydrogen-bond donors (Lipinski definition) is 7. The largest absolute Gasteiger partial charge is 0.497 e. The van der Waals surface area contributed by atoms with Crippen molar-refractivity contribution in [3.8, 4) is 45.5 Å². The number of alkyl carbamates (subject to hydrolysis) is 2. The second kappa shape index (κ2) is 37.9. The number of benzene rings is 4. The third-order valence-corrected chi connectivity index (χ3v) is 25.6. The van der Waals surface area contributed by atoms with Crippen LogP contribution >= 0.6 is 0 Å². The average Bonchev–Trinajstić information content (AvgIpc) is 1.56. The number of ether oxygens (including phenoxy) is 6. The molecular formula is C90H117BN10O19S2U. The van der Waals surface area contributed by atoms with Gasteiger partial charge in [0.05, 0.1) is 49.7 Å². The minimum absolute atomic E-state index is 0. The van der Waals surface area contributed by atoms with Gasteiger partial charge in [-0.25, -0.2) is 46.3 Å². The number of carboxylic acid groups (broad SMARTS) is 1. The Kier molecular flexibility index (Phi) is 29.9. The SMILES string of the molecule is C=C[C@@H]1C[C@]1(NC(=O)[C@@H]1C[C@@H](Oc2cc(-c3ccccc3)nc3cc(OC)ccc23)CN1C(=O)[C@@H](NC(=O)OC(C)(C)C)C(C)(C)C)C(=O)NS(=O)(=O)C1(C=C(C)C)CC1.C=C[C@@H]1C[C@]1(NC(=O)[C@@H]1C[C@@H](Oc2cc(-c3ccccc3)nc3cc(OC)ccc23)CN1C(=O)[C@@H](NC(=O)OC(C)(C)C)C(C)(C)C)C(=O)O.CC(C)=CC1(S(N)(=O)=O)CC1.[2H][B].[U]. The normalized spacial score (nSPS) is 22.0. The van der Waals surface area contributed by atoms with Gasteiger partial charge in [-0.2, -0.15) is 0 Å². The van der Waals surface area contributed by atoms with Gasteiger partial charge in [-0.15, -0.1) is 13.2 Å². The van der Waals surface area contributed by atoms with Crippen LogP contribution in [0.2, 0.25) is 0 Å². The number of nitrogens with two attached hydrogens (primary N) is 1. The Balaban J connectivity index is 0.000000269. The van der Waals surface area contributed by atoms with Crippen LogP contribution in [0.3, 0.4) is 0 Å². The number of hydrogen-bond acceptors (Lipinski definition) is 20. The molecule has 7 amide bonds. The Labute approximate surface area is 748 Å². The number of carbonyl (C=O) groups excluding carboxylic acids is 7. The summed E-state index contributed by atoms with van der Waals surface area (Å²) in [6.45, 7) is 35.9. The zero-order valence-electron chi connectivity index (χ0n) is 74.4. The Hall–Kier alpha value is -9.80. The van der Waals surface area contributed by atoms with Crippen molar-refractivity contribution in [3.05, 3.63) is 158 Å². The van der Waals surface area contributed by atoms with Crippen molar-refractivity contribution in [3.63, 3.8) is 0 Å². The number of aliphatic carboxylic acids is 1. The molecule has 33 heteroatoms. The molecule has 6 aliphatic rings. The van der Waals surface area contributed by atoms with E-state index in [4.69, 9.17) is 44.9 Å². The number of nitrogens with one attached hydrogen (secondary N) is 5. The fourth-order valence-corrected chi connectivity index (χ4v) is 17.9. The number of nitrogens with zero attached hydrogens (tertiary/aromatic N) is 4. The predicted molar refractivity (Wildman–Crippen MR) is 468 cm³/mol. The first-order valence-electron chi connectivity index (χ1n) is 41.0. The Bertz CT molecular complexity index is 5310. The first-order valence-corrected chi connectivity index (χ1v) is 43.4. The van der Waals surface area contributed by atoms with E-state index >= 15 is 0 Å². The first-order chi connectivity index (χ1) is 57.3. The van der Waals surface area contributed by atoms with Crippen molar-refractivity contribution in [1.82, 2.24) is 45.8 Å². The summed E-state index contributed by atoms with van der Waals surface area (Å²) >= 11 is 0. The van der Waals surface area contributed by atoms with Crippen LogP contribution in [-0.4, -0.2) is 195 Å². The van der Waals surface area contributed by atoms with Crippen molar-refractivity contribution in [2.45, 2.75) is 230 Å². The smallest absolute Gasteiger partial charge is 0.408 e. The van der Waals surface area contributed by atoms with E-state index in [0.29, 0.717) is 81.9 Å². The van der Waals surface area contributed by atoms with Gasteiger partial charge in [-0.1, -0.05) is 138 Å². The summed E-state index contributed by atoms with van der Waals surface area (Å²) in [5, 5.41) is 27.5. The van der Waals surface area contributed by atoms with E-state index in [9.17, 15) is 60.3 Å². The third-order valence-electron chi connectivity index (χ3n) is 21.9. The molecule has 2 aliphatic heterocycles. The van der Waals surface area contributed by atoms with Gasteiger partial charge < -0.3 is 64.6 Å². The zero-order valence-corrected chi connectivity index (χ0v) is 79.2. The molecule has 6 fully saturated rings. The third kappa shape index (κ3) is 23.4. The van der Waals surface area contributed by atoms with Gasteiger partial charge in [0.15, 0.2) is 0 Å². The molecule has 4 saturated carbocycles. The number of rotatable bonds is 25. The second-order valence-electron chi connectivity index (χ2n) is 36.7. The molecule has 0 unspecified atom stereocenters. The molecule has 10 atom stereocenters. The maximum atomic E-state index is 14.8. The first kappa shape index (κ1) is 97.0. The van der Waals surface area contributed by atoms with Crippen molar-refractivity contribution in [1.29, 1.82) is 1.34 Å². The van der Waals surface area contributed by atoms with E-state index in [0.717, 1.165) is 22.3 Å². The number of likely N-dealkylation sites (tertiary alicyclic amines) is 2. The van der Waals surface area contributed by atoms with Gasteiger partial charge >= 0.3 is 18.2 Å². The van der Waals surface area contributed by atoms with Crippen LogP contribution in [0, 0.1) is 53.8 Å². The number of fused-ring (bicyclic) bond motifs is 2. The molecule has 2 radical (unpaired) electrons. The van der Waals surface area contributed by atoms with E-state index in [1.54, 1.807) is 142 Å². The van der Waals surface area contributed by atoms with E-state index in [2.05, 4.69) is 47.5 Å². The molecule has 2 saturated heterocycles. The summed E-state index contributed by atoms with van der Waals surface area (Å²) in [7, 11) is -0.622. The second-order valence-corrected chi connectivity index (χ2v) is 40.7. The molecule has 4 aliphatic carbocycles. The van der Waals surface area contributed by atoms with Crippen LogP contribution in [0.25, 0.3) is 44.3 Å². The minimum Gasteiger partial charge on any atom is -0.497 e. The maximum absolute atomic E-state index is 14.8. The van der Waals surface area contributed by atoms with Gasteiger partial charge in [0.1, 0.15) is 91.1 Å².